The monoisotopic (exact) mass is 341 g/mol. The van der Waals surface area contributed by atoms with E-state index in [0.29, 0.717) is 13.0 Å². The first-order valence-electron chi connectivity index (χ1n) is 6.31. The molecule has 6 nitrogen and oxygen atoms in total. The number of aliphatic hydroxyl groups excluding tert-OH is 1. The van der Waals surface area contributed by atoms with E-state index in [1.54, 1.807) is 0 Å². The number of rotatable bonds is 4. The number of nitrogens with one attached hydrogen (secondary N) is 1. The van der Waals surface area contributed by atoms with Crippen LogP contribution < -0.4 is 9.46 Å². The van der Waals surface area contributed by atoms with E-state index in [-0.39, 0.29) is 11.5 Å². The molecule has 0 amide bonds. The SMILES string of the molecule is O=S(=O)(N[C@@H]1COCC[C@H]1O)c1ccc(OC(F)(F)F)cc1. The topological polar surface area (TPSA) is 84.9 Å². The number of aliphatic hydroxyl groups is 1. The zero-order valence-electron chi connectivity index (χ0n) is 11.2. The molecule has 124 valence electrons. The molecule has 0 aromatic heterocycles. The van der Waals surface area contributed by atoms with Crippen molar-refractivity contribution in [2.45, 2.75) is 29.8 Å². The predicted molar refractivity (Wildman–Crippen MR) is 68.7 cm³/mol. The number of halogens is 3. The molecule has 0 radical (unpaired) electrons. The summed E-state index contributed by atoms with van der Waals surface area (Å²) in [5.41, 5.74) is 0. The van der Waals surface area contributed by atoms with E-state index in [9.17, 15) is 26.7 Å². The first-order chi connectivity index (χ1) is 10.2. The Morgan fingerprint density at radius 3 is 2.45 bits per heavy atom. The van der Waals surface area contributed by atoms with Crippen molar-refractivity contribution in [2.24, 2.45) is 0 Å². The minimum Gasteiger partial charge on any atom is -0.406 e. The van der Waals surface area contributed by atoms with E-state index in [2.05, 4.69) is 9.46 Å². The van der Waals surface area contributed by atoms with Gasteiger partial charge in [-0.25, -0.2) is 13.1 Å². The van der Waals surface area contributed by atoms with Crippen LogP contribution in [0, 0.1) is 0 Å². The highest BCUT2D eigenvalue weighted by molar-refractivity contribution is 7.89. The highest BCUT2D eigenvalue weighted by Gasteiger charge is 2.32. The summed E-state index contributed by atoms with van der Waals surface area (Å²) in [6.45, 7) is 0.360. The van der Waals surface area contributed by atoms with Crippen molar-refractivity contribution >= 4 is 10.0 Å². The number of hydrogen-bond donors (Lipinski definition) is 2. The van der Waals surface area contributed by atoms with Gasteiger partial charge < -0.3 is 14.6 Å². The van der Waals surface area contributed by atoms with Gasteiger partial charge in [0.2, 0.25) is 10.0 Å². The lowest BCUT2D eigenvalue weighted by Crippen LogP contribution is -2.49. The molecule has 1 fully saturated rings. The van der Waals surface area contributed by atoms with Crippen molar-refractivity contribution in [1.82, 2.24) is 4.72 Å². The number of sulfonamides is 1. The molecule has 1 saturated heterocycles. The zero-order chi connectivity index (χ0) is 16.4. The van der Waals surface area contributed by atoms with Crippen LogP contribution in [0.5, 0.6) is 5.75 Å². The molecule has 0 bridgehead atoms. The molecule has 2 atom stereocenters. The van der Waals surface area contributed by atoms with Gasteiger partial charge in [0, 0.05) is 6.61 Å². The molecule has 2 rings (SSSR count). The molecule has 2 N–H and O–H groups in total. The van der Waals surface area contributed by atoms with Crippen LogP contribution in [-0.2, 0) is 14.8 Å². The third kappa shape index (κ3) is 4.57. The summed E-state index contributed by atoms with van der Waals surface area (Å²) in [5, 5.41) is 9.70. The van der Waals surface area contributed by atoms with Crippen LogP contribution in [0.2, 0.25) is 0 Å². The van der Waals surface area contributed by atoms with E-state index in [1.165, 1.54) is 0 Å². The first kappa shape index (κ1) is 17.0. The second-order valence-electron chi connectivity index (χ2n) is 4.68. The fourth-order valence-electron chi connectivity index (χ4n) is 1.93. The summed E-state index contributed by atoms with van der Waals surface area (Å²) in [6, 6.07) is 2.97. The summed E-state index contributed by atoms with van der Waals surface area (Å²) in [7, 11) is -3.98. The third-order valence-electron chi connectivity index (χ3n) is 2.99. The molecule has 1 heterocycles. The van der Waals surface area contributed by atoms with Crippen LogP contribution in [0.25, 0.3) is 0 Å². The van der Waals surface area contributed by atoms with Gasteiger partial charge in [0.1, 0.15) is 5.75 Å². The van der Waals surface area contributed by atoms with Crippen molar-refractivity contribution in [2.75, 3.05) is 13.2 Å². The fourth-order valence-corrected chi connectivity index (χ4v) is 3.18. The number of hydrogen-bond acceptors (Lipinski definition) is 5. The quantitative estimate of drug-likeness (QED) is 0.854. The molecular formula is C12H14F3NO5S. The maximum absolute atomic E-state index is 12.1. The molecule has 22 heavy (non-hydrogen) atoms. The highest BCUT2D eigenvalue weighted by Crippen LogP contribution is 2.24. The van der Waals surface area contributed by atoms with E-state index >= 15 is 0 Å². The molecular weight excluding hydrogens is 327 g/mol. The maximum Gasteiger partial charge on any atom is 0.573 e. The standard InChI is InChI=1S/C12H14F3NO5S/c13-12(14,15)21-8-1-3-9(4-2-8)22(18,19)16-10-7-20-6-5-11(10)17/h1-4,10-11,16-17H,5-7H2/t10-,11-/m1/s1. The van der Waals surface area contributed by atoms with Gasteiger partial charge in [-0.15, -0.1) is 13.2 Å². The Labute approximate surface area is 124 Å². The summed E-state index contributed by atoms with van der Waals surface area (Å²) in [5.74, 6) is -0.521. The van der Waals surface area contributed by atoms with Gasteiger partial charge in [0.25, 0.3) is 0 Å². The van der Waals surface area contributed by atoms with Crippen molar-refractivity contribution in [3.63, 3.8) is 0 Å². The first-order valence-corrected chi connectivity index (χ1v) is 7.80. The molecule has 1 aliphatic heterocycles. The zero-order valence-corrected chi connectivity index (χ0v) is 12.0. The van der Waals surface area contributed by atoms with Crippen LogP contribution in [0.15, 0.2) is 29.2 Å². The van der Waals surface area contributed by atoms with E-state index in [1.807, 2.05) is 0 Å². The average Bonchev–Trinajstić information content (AvgIpc) is 2.40. The summed E-state index contributed by atoms with van der Waals surface area (Å²) in [4.78, 5) is -0.236. The Morgan fingerprint density at radius 2 is 1.91 bits per heavy atom. The normalized spacial score (nSPS) is 23.3. The Morgan fingerprint density at radius 1 is 1.27 bits per heavy atom. The van der Waals surface area contributed by atoms with Crippen molar-refractivity contribution in [1.29, 1.82) is 0 Å². The smallest absolute Gasteiger partial charge is 0.406 e. The third-order valence-corrected chi connectivity index (χ3v) is 4.50. The molecule has 1 aromatic carbocycles. The van der Waals surface area contributed by atoms with Gasteiger partial charge in [0.15, 0.2) is 0 Å². The number of alkyl halides is 3. The fraction of sp³-hybridized carbons (Fsp3) is 0.500. The van der Waals surface area contributed by atoms with Crippen LogP contribution in [0.4, 0.5) is 13.2 Å². The lowest BCUT2D eigenvalue weighted by Gasteiger charge is -2.28. The molecule has 0 aliphatic carbocycles. The van der Waals surface area contributed by atoms with Crippen molar-refractivity contribution in [3.8, 4) is 5.75 Å². The average molecular weight is 341 g/mol. The Balaban J connectivity index is 2.09. The Kier molecular flexibility index (Phi) is 4.95. The van der Waals surface area contributed by atoms with Crippen molar-refractivity contribution < 1.29 is 36.2 Å². The molecule has 0 saturated carbocycles. The highest BCUT2D eigenvalue weighted by atomic mass is 32.2. The molecule has 0 unspecified atom stereocenters. The number of ether oxygens (including phenoxy) is 2. The second kappa shape index (κ2) is 6.41. The van der Waals surface area contributed by atoms with Crippen molar-refractivity contribution in [3.05, 3.63) is 24.3 Å². The summed E-state index contributed by atoms with van der Waals surface area (Å²) >= 11 is 0. The maximum atomic E-state index is 12.1. The van der Waals surface area contributed by atoms with Gasteiger partial charge in [-0.3, -0.25) is 0 Å². The number of benzene rings is 1. The largest absolute Gasteiger partial charge is 0.573 e. The lowest BCUT2D eigenvalue weighted by atomic mass is 10.1. The summed E-state index contributed by atoms with van der Waals surface area (Å²) < 4.78 is 71.3. The van der Waals surface area contributed by atoms with Crippen LogP contribution in [0.1, 0.15) is 6.42 Å². The van der Waals surface area contributed by atoms with Crippen LogP contribution in [-0.4, -0.2) is 45.2 Å². The van der Waals surface area contributed by atoms with E-state index < -0.39 is 34.3 Å². The lowest BCUT2D eigenvalue weighted by molar-refractivity contribution is -0.274. The van der Waals surface area contributed by atoms with Crippen LogP contribution >= 0.6 is 0 Å². The predicted octanol–water partition coefficient (Wildman–Crippen LogP) is 1.01. The van der Waals surface area contributed by atoms with Gasteiger partial charge in [0.05, 0.1) is 23.6 Å². The minimum atomic E-state index is -4.85. The molecule has 1 aromatic rings. The Bertz CT molecular complexity index is 602. The molecule has 0 spiro atoms. The van der Waals surface area contributed by atoms with Crippen LogP contribution in [0.3, 0.4) is 0 Å². The summed E-state index contributed by atoms with van der Waals surface area (Å²) in [6.07, 6.45) is -5.43. The van der Waals surface area contributed by atoms with E-state index in [0.717, 1.165) is 24.3 Å². The second-order valence-corrected chi connectivity index (χ2v) is 6.39. The van der Waals surface area contributed by atoms with Gasteiger partial charge in [-0.2, -0.15) is 0 Å². The van der Waals surface area contributed by atoms with Gasteiger partial charge in [-0.05, 0) is 30.7 Å². The van der Waals surface area contributed by atoms with Gasteiger partial charge >= 0.3 is 6.36 Å². The Hall–Kier alpha value is -1.36. The van der Waals surface area contributed by atoms with E-state index in [4.69, 9.17) is 4.74 Å². The molecule has 10 heteroatoms. The molecule has 1 aliphatic rings. The van der Waals surface area contributed by atoms with Gasteiger partial charge in [-0.1, -0.05) is 0 Å². The minimum absolute atomic E-state index is 0.0235.